The summed E-state index contributed by atoms with van der Waals surface area (Å²) in [5.74, 6) is -0.141. The molecule has 0 aromatic heterocycles. The molecule has 0 bridgehead atoms. The molecule has 44 heavy (non-hydrogen) atoms. The summed E-state index contributed by atoms with van der Waals surface area (Å²) in [6.07, 6.45) is 5.07. The number of sulfonamides is 1. The summed E-state index contributed by atoms with van der Waals surface area (Å²) in [4.78, 5) is 29.3. The third-order valence-electron chi connectivity index (χ3n) is 8.13. The van der Waals surface area contributed by atoms with Crippen LogP contribution in [0.3, 0.4) is 0 Å². The minimum atomic E-state index is -4.25. The normalized spacial score (nSPS) is 14.4. The van der Waals surface area contributed by atoms with Gasteiger partial charge in [-0.3, -0.25) is 13.9 Å². The second-order valence-corrected chi connectivity index (χ2v) is 13.3. The lowest BCUT2D eigenvalue weighted by atomic mass is 9.95. The number of carbonyl (C=O) groups excluding carboxylic acids is 2. The van der Waals surface area contributed by atoms with Gasteiger partial charge >= 0.3 is 0 Å². The maximum atomic E-state index is 14.3. The second-order valence-electron chi connectivity index (χ2n) is 11.4. The molecule has 10 heteroatoms. The van der Waals surface area contributed by atoms with Crippen molar-refractivity contribution in [2.24, 2.45) is 0 Å². The smallest absolute Gasteiger partial charge is 0.264 e. The van der Waals surface area contributed by atoms with Gasteiger partial charge in [0.25, 0.3) is 10.0 Å². The molecule has 1 N–H and O–H groups in total. The monoisotopic (exact) mass is 621 g/mol. The van der Waals surface area contributed by atoms with Gasteiger partial charge in [0.15, 0.2) is 0 Å². The molecule has 3 aromatic carbocycles. The van der Waals surface area contributed by atoms with Crippen LogP contribution < -0.4 is 19.1 Å². The van der Waals surface area contributed by atoms with Crippen molar-refractivity contribution in [1.82, 2.24) is 10.2 Å². The lowest BCUT2D eigenvalue weighted by Crippen LogP contribution is -2.53. The van der Waals surface area contributed by atoms with E-state index in [4.69, 9.17) is 9.47 Å². The number of ether oxygens (including phenoxy) is 2. The Kier molecular flexibility index (Phi) is 10.9. The summed E-state index contributed by atoms with van der Waals surface area (Å²) in [6.45, 7) is 5.10. The highest BCUT2D eigenvalue weighted by Gasteiger charge is 2.34. The van der Waals surface area contributed by atoms with E-state index in [-0.39, 0.29) is 34.8 Å². The van der Waals surface area contributed by atoms with Crippen LogP contribution in [0.1, 0.15) is 55.7 Å². The lowest BCUT2D eigenvalue weighted by Gasteiger charge is -2.33. The molecular formula is C34H43N3O6S. The van der Waals surface area contributed by atoms with Crippen LogP contribution >= 0.6 is 0 Å². The minimum absolute atomic E-state index is 0.0222. The Morgan fingerprint density at radius 2 is 1.50 bits per heavy atom. The molecule has 0 radical (unpaired) electrons. The highest BCUT2D eigenvalue weighted by atomic mass is 32.2. The average Bonchev–Trinajstić information content (AvgIpc) is 3.03. The van der Waals surface area contributed by atoms with Gasteiger partial charge in [-0.1, -0.05) is 66.8 Å². The number of amides is 2. The maximum absolute atomic E-state index is 14.3. The molecular weight excluding hydrogens is 578 g/mol. The van der Waals surface area contributed by atoms with E-state index in [1.54, 1.807) is 31.2 Å². The van der Waals surface area contributed by atoms with Crippen molar-refractivity contribution in [2.45, 2.75) is 76.4 Å². The predicted octanol–water partition coefficient (Wildman–Crippen LogP) is 5.38. The van der Waals surface area contributed by atoms with E-state index in [9.17, 15) is 18.0 Å². The number of aryl methyl sites for hydroxylation is 2. The Balaban J connectivity index is 1.74. The van der Waals surface area contributed by atoms with Crippen LogP contribution in [0, 0.1) is 13.8 Å². The van der Waals surface area contributed by atoms with Gasteiger partial charge in [-0.05, 0) is 63.4 Å². The first-order valence-corrected chi connectivity index (χ1v) is 16.4. The average molecular weight is 622 g/mol. The van der Waals surface area contributed by atoms with E-state index < -0.39 is 28.5 Å². The van der Waals surface area contributed by atoms with E-state index in [0.29, 0.717) is 5.75 Å². The van der Waals surface area contributed by atoms with Gasteiger partial charge in [0.2, 0.25) is 11.8 Å². The van der Waals surface area contributed by atoms with Crippen molar-refractivity contribution in [3.63, 3.8) is 0 Å². The summed E-state index contributed by atoms with van der Waals surface area (Å²) >= 11 is 0. The molecule has 0 saturated heterocycles. The number of hydrogen-bond acceptors (Lipinski definition) is 6. The topological polar surface area (TPSA) is 105 Å². The summed E-state index contributed by atoms with van der Waals surface area (Å²) < 4.78 is 40.4. The number of hydrogen-bond donors (Lipinski definition) is 1. The highest BCUT2D eigenvalue weighted by molar-refractivity contribution is 7.92. The fraction of sp³-hybridized carbons (Fsp3) is 0.412. The number of carbonyl (C=O) groups is 2. The van der Waals surface area contributed by atoms with E-state index in [0.717, 1.165) is 53.1 Å². The van der Waals surface area contributed by atoms with Gasteiger partial charge in [0, 0.05) is 18.7 Å². The zero-order chi connectivity index (χ0) is 31.9. The Morgan fingerprint density at radius 3 is 2.09 bits per heavy atom. The van der Waals surface area contributed by atoms with Crippen LogP contribution in [0.25, 0.3) is 0 Å². The summed E-state index contributed by atoms with van der Waals surface area (Å²) in [5, 5.41) is 3.13. The molecule has 1 aliphatic carbocycles. The Labute approximate surface area is 261 Å². The third kappa shape index (κ3) is 7.91. The molecule has 1 atom stereocenters. The van der Waals surface area contributed by atoms with Crippen LogP contribution in [0.5, 0.6) is 11.5 Å². The minimum Gasteiger partial charge on any atom is -0.497 e. The molecule has 3 aromatic rings. The number of nitrogens with one attached hydrogen (secondary N) is 1. The van der Waals surface area contributed by atoms with Crippen LogP contribution in [-0.4, -0.2) is 58.0 Å². The van der Waals surface area contributed by atoms with Crippen molar-refractivity contribution in [3.05, 3.63) is 83.4 Å². The SMILES string of the molecule is COc1ccc(OC)c(N(CC(=O)N(Cc2ccc(C)cc2)C(C)C(=O)NC2CCCCC2)S(=O)(=O)c2ccc(C)cc2)c1. The van der Waals surface area contributed by atoms with Crippen molar-refractivity contribution in [3.8, 4) is 11.5 Å². The number of benzene rings is 3. The third-order valence-corrected chi connectivity index (χ3v) is 9.91. The molecule has 0 heterocycles. The number of methoxy groups -OCH3 is 2. The summed E-state index contributed by atoms with van der Waals surface area (Å²) in [6, 6.07) is 18.1. The Hall–Kier alpha value is -4.05. The molecule has 0 aliphatic heterocycles. The van der Waals surface area contributed by atoms with Gasteiger partial charge < -0.3 is 19.7 Å². The molecule has 4 rings (SSSR count). The molecule has 236 valence electrons. The van der Waals surface area contributed by atoms with Crippen molar-refractivity contribution in [2.75, 3.05) is 25.1 Å². The van der Waals surface area contributed by atoms with E-state index in [1.807, 2.05) is 38.1 Å². The first kappa shape index (κ1) is 32.9. The zero-order valence-corrected chi connectivity index (χ0v) is 27.0. The Morgan fingerprint density at radius 1 is 0.886 bits per heavy atom. The van der Waals surface area contributed by atoms with E-state index in [2.05, 4.69) is 5.32 Å². The number of anilines is 1. The summed E-state index contributed by atoms with van der Waals surface area (Å²) in [7, 11) is -1.34. The first-order valence-electron chi connectivity index (χ1n) is 15.0. The largest absolute Gasteiger partial charge is 0.497 e. The van der Waals surface area contributed by atoms with Crippen LogP contribution in [0.4, 0.5) is 5.69 Å². The molecule has 9 nitrogen and oxygen atoms in total. The number of rotatable bonds is 12. The van der Waals surface area contributed by atoms with Gasteiger partial charge in [-0.2, -0.15) is 0 Å². The van der Waals surface area contributed by atoms with Crippen molar-refractivity contribution >= 4 is 27.5 Å². The molecule has 1 saturated carbocycles. The molecule has 1 aliphatic rings. The van der Waals surface area contributed by atoms with Gasteiger partial charge in [-0.25, -0.2) is 8.42 Å². The van der Waals surface area contributed by atoms with Crippen LogP contribution in [0.15, 0.2) is 71.6 Å². The van der Waals surface area contributed by atoms with Gasteiger partial charge in [-0.15, -0.1) is 0 Å². The van der Waals surface area contributed by atoms with Crippen LogP contribution in [-0.2, 0) is 26.2 Å². The quantitative estimate of drug-likeness (QED) is 0.291. The molecule has 2 amide bonds. The van der Waals surface area contributed by atoms with E-state index in [1.165, 1.54) is 37.3 Å². The standard InChI is InChI=1S/C34H43N3O6S/c1-24-11-15-27(16-12-24)22-36(26(3)34(39)35-28-9-7-6-8-10-28)33(38)23-37(31-21-29(42-4)17-20-32(31)43-5)44(40,41)30-18-13-25(2)14-19-30/h11-21,26,28H,6-10,22-23H2,1-5H3,(H,35,39). The molecule has 1 fully saturated rings. The first-order chi connectivity index (χ1) is 21.0. The zero-order valence-electron chi connectivity index (χ0n) is 26.2. The number of nitrogens with zero attached hydrogens (tertiary/aromatic N) is 2. The van der Waals surface area contributed by atoms with Gasteiger partial charge in [0.1, 0.15) is 24.1 Å². The summed E-state index contributed by atoms with van der Waals surface area (Å²) in [5.41, 5.74) is 2.94. The maximum Gasteiger partial charge on any atom is 0.264 e. The highest BCUT2D eigenvalue weighted by Crippen LogP contribution is 2.36. The van der Waals surface area contributed by atoms with Crippen molar-refractivity contribution < 1.29 is 27.5 Å². The lowest BCUT2D eigenvalue weighted by molar-refractivity contribution is -0.139. The second kappa shape index (κ2) is 14.6. The fourth-order valence-corrected chi connectivity index (χ4v) is 6.80. The van der Waals surface area contributed by atoms with Crippen molar-refractivity contribution in [1.29, 1.82) is 0 Å². The fourth-order valence-electron chi connectivity index (χ4n) is 5.38. The molecule has 1 unspecified atom stereocenters. The van der Waals surface area contributed by atoms with Gasteiger partial charge in [0.05, 0.1) is 24.8 Å². The van der Waals surface area contributed by atoms with E-state index >= 15 is 0 Å². The Bertz CT molecular complexity index is 1530. The molecule has 0 spiro atoms. The van der Waals surface area contributed by atoms with Crippen LogP contribution in [0.2, 0.25) is 0 Å². The predicted molar refractivity (Wildman–Crippen MR) is 171 cm³/mol.